The van der Waals surface area contributed by atoms with E-state index in [1.165, 1.54) is 5.70 Å². The van der Waals surface area contributed by atoms with Crippen LogP contribution in [0.2, 0.25) is 0 Å². The van der Waals surface area contributed by atoms with Crippen LogP contribution in [0.1, 0.15) is 6.92 Å². The quantitative estimate of drug-likeness (QED) is 0.587. The van der Waals surface area contributed by atoms with Crippen molar-refractivity contribution < 1.29 is 0 Å². The van der Waals surface area contributed by atoms with E-state index in [1.54, 1.807) is 0 Å². The minimum atomic E-state index is -0.713. The van der Waals surface area contributed by atoms with E-state index in [4.69, 9.17) is 0 Å². The number of nitrogens with one attached hydrogen (secondary N) is 1. The fraction of sp³-hybridized carbons (Fsp3) is 0.714. The molecule has 0 rings (SSSR count). The number of hydrogen-bond acceptors (Lipinski definition) is 1. The van der Waals surface area contributed by atoms with E-state index in [0.717, 1.165) is 0 Å². The maximum atomic E-state index is 3.11. The predicted molar refractivity (Wildman–Crippen MR) is 47.5 cm³/mol. The molecule has 0 saturated heterocycles. The maximum Gasteiger partial charge on any atom is 0.0764 e. The van der Waals surface area contributed by atoms with Crippen LogP contribution < -0.4 is 5.32 Å². The van der Waals surface area contributed by atoms with Gasteiger partial charge in [0.05, 0.1) is 25.8 Å². The maximum absolute atomic E-state index is 3.11. The highest BCUT2D eigenvalue weighted by Crippen LogP contribution is 2.48. The Morgan fingerprint density at radius 3 is 1.89 bits per heavy atom. The van der Waals surface area contributed by atoms with Gasteiger partial charge in [0.2, 0.25) is 0 Å². The Morgan fingerprint density at radius 1 is 1.33 bits per heavy atom. The van der Waals surface area contributed by atoms with Crippen molar-refractivity contribution >= 4 is 7.26 Å². The Morgan fingerprint density at radius 2 is 1.78 bits per heavy atom. The van der Waals surface area contributed by atoms with Crippen LogP contribution in [-0.4, -0.2) is 27.0 Å². The van der Waals surface area contributed by atoms with Gasteiger partial charge >= 0.3 is 0 Å². The number of allylic oxidation sites excluding steroid dienone is 1. The molecule has 0 bridgehead atoms. The molecule has 1 nitrogen and oxygen atoms in total. The number of hydrogen-bond donors (Lipinski definition) is 1. The van der Waals surface area contributed by atoms with E-state index < -0.39 is 7.26 Å². The van der Waals surface area contributed by atoms with Gasteiger partial charge in [0.15, 0.2) is 0 Å². The molecule has 0 saturated carbocycles. The van der Waals surface area contributed by atoms with Crippen molar-refractivity contribution in [3.05, 3.63) is 11.5 Å². The Balaban J connectivity index is 3.95. The van der Waals surface area contributed by atoms with Crippen LogP contribution in [0.4, 0.5) is 0 Å². The molecule has 0 fully saturated rings. The summed E-state index contributed by atoms with van der Waals surface area (Å²) in [5, 5.41) is 3.11. The van der Waals surface area contributed by atoms with Crippen molar-refractivity contribution in [3.63, 3.8) is 0 Å². The zero-order valence-electron chi connectivity index (χ0n) is 7.02. The third-order valence-electron chi connectivity index (χ3n) is 0.975. The highest BCUT2D eigenvalue weighted by atomic mass is 31.2. The molecule has 0 aliphatic carbocycles. The van der Waals surface area contributed by atoms with Crippen LogP contribution in [0.15, 0.2) is 11.5 Å². The summed E-state index contributed by atoms with van der Waals surface area (Å²) in [6.07, 6.45) is 0. The van der Waals surface area contributed by atoms with Gasteiger partial charge in [-0.3, -0.25) is 0 Å². The molecule has 0 atom stereocenters. The molecule has 0 radical (unpaired) electrons. The van der Waals surface area contributed by atoms with Crippen molar-refractivity contribution in [1.82, 2.24) is 5.32 Å². The molecule has 0 heterocycles. The lowest BCUT2D eigenvalue weighted by Gasteiger charge is -2.06. The lowest BCUT2D eigenvalue weighted by Crippen LogP contribution is -2.01. The fourth-order valence-electron chi connectivity index (χ4n) is 0.645. The fourth-order valence-corrected chi connectivity index (χ4v) is 1.94. The standard InChI is InChI=1S/C7H17NP/c1-7(8-2)6-9(3,4)5/h6,8H,1-5H3/q+1/b7-6+. The molecule has 2 heteroatoms. The topological polar surface area (TPSA) is 12.0 Å². The van der Waals surface area contributed by atoms with Gasteiger partial charge in [-0.15, -0.1) is 0 Å². The predicted octanol–water partition coefficient (Wildman–Crippen LogP) is 1.97. The SMILES string of the molecule is CN/C(C)=C/[P+](C)(C)C. The zero-order chi connectivity index (χ0) is 7.49. The van der Waals surface area contributed by atoms with Gasteiger partial charge in [-0.05, 0) is 6.92 Å². The largest absolute Gasteiger partial charge is 0.389 e. The molecule has 54 valence electrons. The zero-order valence-corrected chi connectivity index (χ0v) is 7.92. The molecule has 0 aliphatic rings. The molecule has 1 N–H and O–H groups in total. The van der Waals surface area contributed by atoms with Crippen LogP contribution in [-0.2, 0) is 0 Å². The van der Waals surface area contributed by atoms with Crippen molar-refractivity contribution in [2.75, 3.05) is 27.0 Å². The van der Waals surface area contributed by atoms with Crippen molar-refractivity contribution in [2.45, 2.75) is 6.92 Å². The second kappa shape index (κ2) is 3.22. The van der Waals surface area contributed by atoms with Gasteiger partial charge in [-0.25, -0.2) is 0 Å². The van der Waals surface area contributed by atoms with Gasteiger partial charge in [0, 0.05) is 20.0 Å². The van der Waals surface area contributed by atoms with Crippen LogP contribution >= 0.6 is 7.26 Å². The summed E-state index contributed by atoms with van der Waals surface area (Å²) in [4.78, 5) is 0. The summed E-state index contributed by atoms with van der Waals surface area (Å²) in [6.45, 7) is 9.00. The third-order valence-corrected chi connectivity index (χ3v) is 2.14. The summed E-state index contributed by atoms with van der Waals surface area (Å²) < 4.78 is 0. The van der Waals surface area contributed by atoms with Crippen LogP contribution in [0.5, 0.6) is 0 Å². The number of rotatable bonds is 2. The Labute approximate surface area is 58.9 Å². The summed E-state index contributed by atoms with van der Waals surface area (Å²) in [5.41, 5.74) is 1.29. The van der Waals surface area contributed by atoms with Crippen LogP contribution in [0.25, 0.3) is 0 Å². The van der Waals surface area contributed by atoms with E-state index in [9.17, 15) is 0 Å². The first kappa shape index (κ1) is 8.97. The normalized spacial score (nSPS) is 13.7. The third kappa shape index (κ3) is 5.85. The van der Waals surface area contributed by atoms with E-state index in [0.29, 0.717) is 0 Å². The highest BCUT2D eigenvalue weighted by Gasteiger charge is 2.12. The summed E-state index contributed by atoms with van der Waals surface area (Å²) in [7, 11) is 1.25. The lowest BCUT2D eigenvalue weighted by molar-refractivity contribution is 0.995. The van der Waals surface area contributed by atoms with Crippen LogP contribution in [0, 0.1) is 0 Å². The second-order valence-electron chi connectivity index (χ2n) is 3.18. The van der Waals surface area contributed by atoms with Gasteiger partial charge in [-0.1, -0.05) is 0 Å². The molecule has 0 unspecified atom stereocenters. The van der Waals surface area contributed by atoms with E-state index in [2.05, 4.69) is 38.1 Å². The lowest BCUT2D eigenvalue weighted by atomic mass is 10.6. The average Bonchev–Trinajstić information content (AvgIpc) is 1.62. The Bertz CT molecular complexity index is 111. The molecular weight excluding hydrogens is 129 g/mol. The molecule has 9 heavy (non-hydrogen) atoms. The summed E-state index contributed by atoms with van der Waals surface area (Å²) in [5.74, 6) is 2.33. The first-order valence-electron chi connectivity index (χ1n) is 3.14. The monoisotopic (exact) mass is 146 g/mol. The summed E-state index contributed by atoms with van der Waals surface area (Å²) in [6, 6.07) is 0. The molecular formula is C7H17NP+. The Hall–Kier alpha value is -0.0300. The van der Waals surface area contributed by atoms with E-state index in [1.807, 2.05) is 7.05 Å². The average molecular weight is 146 g/mol. The van der Waals surface area contributed by atoms with Gasteiger partial charge < -0.3 is 5.32 Å². The minimum Gasteiger partial charge on any atom is -0.389 e. The van der Waals surface area contributed by atoms with E-state index in [-0.39, 0.29) is 0 Å². The molecule has 0 amide bonds. The van der Waals surface area contributed by atoms with E-state index >= 15 is 0 Å². The van der Waals surface area contributed by atoms with Gasteiger partial charge in [-0.2, -0.15) is 0 Å². The van der Waals surface area contributed by atoms with Crippen molar-refractivity contribution in [3.8, 4) is 0 Å². The molecule has 0 aliphatic heterocycles. The minimum absolute atomic E-state index is 0.713. The summed E-state index contributed by atoms with van der Waals surface area (Å²) >= 11 is 0. The molecule has 0 aromatic rings. The molecule has 0 aromatic carbocycles. The van der Waals surface area contributed by atoms with Gasteiger partial charge in [0.1, 0.15) is 0 Å². The first-order chi connectivity index (χ1) is 3.95. The van der Waals surface area contributed by atoms with Crippen molar-refractivity contribution in [2.24, 2.45) is 0 Å². The van der Waals surface area contributed by atoms with Crippen molar-refractivity contribution in [1.29, 1.82) is 0 Å². The first-order valence-corrected chi connectivity index (χ1v) is 6.34. The Kier molecular flexibility index (Phi) is 3.21. The molecule has 0 spiro atoms. The smallest absolute Gasteiger partial charge is 0.0764 e. The molecule has 0 aromatic heterocycles. The van der Waals surface area contributed by atoms with Gasteiger partial charge in [0.25, 0.3) is 0 Å². The second-order valence-corrected chi connectivity index (χ2v) is 7.67. The van der Waals surface area contributed by atoms with Crippen LogP contribution in [0.3, 0.4) is 0 Å². The highest BCUT2D eigenvalue weighted by molar-refractivity contribution is 7.76.